The summed E-state index contributed by atoms with van der Waals surface area (Å²) < 4.78 is 7.48. The summed E-state index contributed by atoms with van der Waals surface area (Å²) in [5.74, 6) is 0. The molecule has 9 aromatic carbocycles. The molecule has 15 rings (SSSR count). The van der Waals surface area contributed by atoms with Gasteiger partial charge in [-0.05, 0) is 122 Å². The third-order valence-electron chi connectivity index (χ3n) is 15.3. The van der Waals surface area contributed by atoms with Gasteiger partial charge < -0.3 is 8.97 Å². The van der Waals surface area contributed by atoms with E-state index >= 15 is 0 Å². The highest BCUT2D eigenvalue weighted by Gasteiger charge is 2.29. The van der Waals surface area contributed by atoms with Crippen LogP contribution in [0.1, 0.15) is 52.7 Å². The molecule has 0 saturated carbocycles. The standard InChI is InChI=1S/C63H46N4/c1-62(2,3)38-30-44(37-25-26-52-45(28-37)43-22-14-15-23-51(43)65(52)40-18-8-7-9-19-40)58-46(31-38)47-32-39(63(4,5)6)33-48-49-34-54-57(64-61(49)67(58)59(47)48)56-42-21-13-11-17-36(42)29-50-55-41-20-12-10-16-35(41)24-27-53(55)66(54)60(50)56/h7-34H,1-6H3. The number of rotatable bonds is 2. The van der Waals surface area contributed by atoms with Crippen molar-refractivity contribution in [3.05, 3.63) is 181 Å². The summed E-state index contributed by atoms with van der Waals surface area (Å²) in [5, 5.41) is 16.3. The van der Waals surface area contributed by atoms with E-state index in [4.69, 9.17) is 4.98 Å². The van der Waals surface area contributed by atoms with Crippen LogP contribution in [0.25, 0.3) is 137 Å². The van der Waals surface area contributed by atoms with E-state index in [1.54, 1.807) is 0 Å². The molecule has 0 spiro atoms. The van der Waals surface area contributed by atoms with E-state index in [2.05, 4.69) is 225 Å². The molecule has 0 aliphatic rings. The van der Waals surface area contributed by atoms with Crippen molar-refractivity contribution in [2.75, 3.05) is 0 Å². The van der Waals surface area contributed by atoms with Gasteiger partial charge in [-0.1, -0.05) is 139 Å². The molecule has 0 fully saturated rings. The van der Waals surface area contributed by atoms with Gasteiger partial charge in [0.1, 0.15) is 5.65 Å². The maximum absolute atomic E-state index is 5.99. The maximum atomic E-state index is 5.99. The molecule has 0 atom stereocenters. The first-order valence-corrected chi connectivity index (χ1v) is 23.7. The van der Waals surface area contributed by atoms with Crippen molar-refractivity contribution in [1.82, 2.24) is 18.4 Å². The van der Waals surface area contributed by atoms with E-state index in [-0.39, 0.29) is 10.8 Å². The molecule has 0 aliphatic heterocycles. The monoisotopic (exact) mass is 858 g/mol. The third kappa shape index (κ3) is 4.79. The van der Waals surface area contributed by atoms with Crippen LogP contribution in [0.5, 0.6) is 0 Å². The first-order valence-electron chi connectivity index (χ1n) is 23.7. The molecule has 6 heterocycles. The summed E-state index contributed by atoms with van der Waals surface area (Å²) in [7, 11) is 0. The SMILES string of the molecule is CC(C)(C)c1cc(-c2ccc3c(c2)c2ccccc2n3-c2ccccc2)c2c(c1)c1cc(C(C)(C)C)cc3c4cc5c(nc4n2c31)c1c2ccccc2cc2c3c4ccccc4ccc3n5c21. The number of nitrogens with zero attached hydrogens (tertiary/aromatic N) is 4. The zero-order valence-electron chi connectivity index (χ0n) is 38.5. The molecular formula is C63H46N4. The molecule has 0 amide bonds. The van der Waals surface area contributed by atoms with E-state index in [1.165, 1.54) is 131 Å². The lowest BCUT2D eigenvalue weighted by atomic mass is 9.83. The Hall–Kier alpha value is -7.95. The second kappa shape index (κ2) is 12.5. The number of aromatic nitrogens is 4. The van der Waals surface area contributed by atoms with E-state index in [9.17, 15) is 0 Å². The molecule has 318 valence electrons. The molecule has 0 aliphatic carbocycles. The van der Waals surface area contributed by atoms with Gasteiger partial charge in [0.05, 0.1) is 44.1 Å². The van der Waals surface area contributed by atoms with E-state index < -0.39 is 0 Å². The minimum Gasteiger partial charge on any atom is -0.309 e. The third-order valence-corrected chi connectivity index (χ3v) is 15.3. The van der Waals surface area contributed by atoms with Crippen LogP contribution in [-0.2, 0) is 10.8 Å². The molecule has 0 unspecified atom stereocenters. The summed E-state index contributed by atoms with van der Waals surface area (Å²) in [6.45, 7) is 14.1. The van der Waals surface area contributed by atoms with Gasteiger partial charge in [-0.25, -0.2) is 4.98 Å². The lowest BCUT2D eigenvalue weighted by Gasteiger charge is -2.22. The van der Waals surface area contributed by atoms with Crippen molar-refractivity contribution in [1.29, 1.82) is 0 Å². The number of pyridine rings is 1. The van der Waals surface area contributed by atoms with Crippen LogP contribution in [0.3, 0.4) is 0 Å². The van der Waals surface area contributed by atoms with Crippen LogP contribution in [-0.4, -0.2) is 18.4 Å². The van der Waals surface area contributed by atoms with Crippen molar-refractivity contribution < 1.29 is 0 Å². The van der Waals surface area contributed by atoms with Crippen LogP contribution in [0.15, 0.2) is 170 Å². The summed E-state index contributed by atoms with van der Waals surface area (Å²) in [5.41, 5.74) is 16.6. The summed E-state index contributed by atoms with van der Waals surface area (Å²) in [6.07, 6.45) is 0. The molecule has 0 N–H and O–H groups in total. The Morgan fingerprint density at radius 2 is 0.985 bits per heavy atom. The molecular weight excluding hydrogens is 813 g/mol. The first kappa shape index (κ1) is 37.3. The average molecular weight is 859 g/mol. The van der Waals surface area contributed by atoms with Crippen molar-refractivity contribution in [3.63, 3.8) is 0 Å². The van der Waals surface area contributed by atoms with Gasteiger partial charge in [0.25, 0.3) is 0 Å². The fourth-order valence-corrected chi connectivity index (χ4v) is 12.1. The van der Waals surface area contributed by atoms with Crippen molar-refractivity contribution >= 4 is 120 Å². The zero-order valence-corrected chi connectivity index (χ0v) is 38.5. The highest BCUT2D eigenvalue weighted by Crippen LogP contribution is 2.50. The second-order valence-corrected chi connectivity index (χ2v) is 21.2. The van der Waals surface area contributed by atoms with Crippen LogP contribution in [0.4, 0.5) is 0 Å². The van der Waals surface area contributed by atoms with Crippen LogP contribution < -0.4 is 0 Å². The molecule has 6 aromatic heterocycles. The number of hydrogen-bond acceptors (Lipinski definition) is 1. The summed E-state index contributed by atoms with van der Waals surface area (Å²) in [4.78, 5) is 5.99. The normalized spacial score (nSPS) is 13.2. The Morgan fingerprint density at radius 1 is 0.373 bits per heavy atom. The molecule has 67 heavy (non-hydrogen) atoms. The minimum atomic E-state index is -0.0856. The van der Waals surface area contributed by atoms with Crippen molar-refractivity contribution in [3.8, 4) is 16.8 Å². The fraction of sp³-hybridized carbons (Fsp3) is 0.127. The van der Waals surface area contributed by atoms with Crippen molar-refractivity contribution in [2.45, 2.75) is 52.4 Å². The molecule has 4 heteroatoms. The lowest BCUT2D eigenvalue weighted by Crippen LogP contribution is -2.11. The van der Waals surface area contributed by atoms with Crippen molar-refractivity contribution in [2.24, 2.45) is 0 Å². The predicted octanol–water partition coefficient (Wildman–Crippen LogP) is 17.0. The largest absolute Gasteiger partial charge is 0.309 e. The van der Waals surface area contributed by atoms with Gasteiger partial charge in [0, 0.05) is 59.7 Å². The zero-order chi connectivity index (χ0) is 44.8. The number of fused-ring (bicyclic) bond motifs is 19. The highest BCUT2D eigenvalue weighted by molar-refractivity contribution is 6.35. The summed E-state index contributed by atoms with van der Waals surface area (Å²) >= 11 is 0. The predicted molar refractivity (Wildman–Crippen MR) is 286 cm³/mol. The Morgan fingerprint density at radius 3 is 1.75 bits per heavy atom. The smallest absolute Gasteiger partial charge is 0.146 e. The Kier molecular flexibility index (Phi) is 6.94. The Labute approximate surface area is 386 Å². The lowest BCUT2D eigenvalue weighted by molar-refractivity contribution is 0.591. The molecule has 15 aromatic rings. The van der Waals surface area contributed by atoms with E-state index in [0.717, 1.165) is 16.7 Å². The topological polar surface area (TPSA) is 26.6 Å². The quantitative estimate of drug-likeness (QED) is 0.170. The van der Waals surface area contributed by atoms with E-state index in [1.807, 2.05) is 0 Å². The summed E-state index contributed by atoms with van der Waals surface area (Å²) in [6, 6.07) is 64.0. The highest BCUT2D eigenvalue weighted by atomic mass is 15.0. The number of para-hydroxylation sites is 2. The number of benzene rings is 9. The van der Waals surface area contributed by atoms with Crippen LogP contribution in [0.2, 0.25) is 0 Å². The molecule has 4 nitrogen and oxygen atoms in total. The van der Waals surface area contributed by atoms with Gasteiger partial charge >= 0.3 is 0 Å². The van der Waals surface area contributed by atoms with Gasteiger partial charge in [-0.2, -0.15) is 0 Å². The first-order chi connectivity index (χ1) is 32.5. The maximum Gasteiger partial charge on any atom is 0.146 e. The number of hydrogen-bond donors (Lipinski definition) is 0. The van der Waals surface area contributed by atoms with Gasteiger partial charge in [-0.3, -0.25) is 4.40 Å². The van der Waals surface area contributed by atoms with Crippen LogP contribution in [0, 0.1) is 0 Å². The minimum absolute atomic E-state index is 0.0759. The van der Waals surface area contributed by atoms with Gasteiger partial charge in [0.15, 0.2) is 0 Å². The second-order valence-electron chi connectivity index (χ2n) is 21.2. The molecule has 0 saturated heterocycles. The fourth-order valence-electron chi connectivity index (χ4n) is 12.1. The van der Waals surface area contributed by atoms with Crippen LogP contribution >= 0.6 is 0 Å². The molecule has 0 bridgehead atoms. The van der Waals surface area contributed by atoms with Gasteiger partial charge in [0.2, 0.25) is 0 Å². The molecule has 0 radical (unpaired) electrons. The Bertz CT molecular complexity index is 4620. The van der Waals surface area contributed by atoms with E-state index in [0.29, 0.717) is 0 Å². The van der Waals surface area contributed by atoms with Gasteiger partial charge in [-0.15, -0.1) is 0 Å². The average Bonchev–Trinajstić information content (AvgIpc) is 4.12. The Balaban J connectivity index is 1.13.